The fourth-order valence-electron chi connectivity index (χ4n) is 3.75. The van der Waals surface area contributed by atoms with Gasteiger partial charge in [0.25, 0.3) is 5.91 Å². The molecule has 0 saturated carbocycles. The van der Waals surface area contributed by atoms with E-state index in [1.165, 1.54) is 11.3 Å². The normalized spacial score (nSPS) is 12.0. The highest BCUT2D eigenvalue weighted by Gasteiger charge is 2.17. The van der Waals surface area contributed by atoms with Gasteiger partial charge in [0.1, 0.15) is 24.0 Å². The van der Waals surface area contributed by atoms with Crippen molar-refractivity contribution in [3.05, 3.63) is 87.5 Å². The number of carbonyl (C=O) groups excluding carboxylic acids is 2. The molecule has 2 aromatic heterocycles. The summed E-state index contributed by atoms with van der Waals surface area (Å²) in [4.78, 5) is 42.7. The minimum atomic E-state index is -0.733. The molecule has 1 amide bonds. The molecule has 5 rings (SSSR count). The van der Waals surface area contributed by atoms with E-state index in [0.29, 0.717) is 15.8 Å². The maximum Gasteiger partial charge on any atom is 0.326 e. The van der Waals surface area contributed by atoms with Crippen molar-refractivity contribution < 1.29 is 18.7 Å². The second-order valence-corrected chi connectivity index (χ2v) is 8.28. The lowest BCUT2D eigenvalue weighted by atomic mass is 10.1. The van der Waals surface area contributed by atoms with Crippen LogP contribution in [0, 0.1) is 0 Å². The molecule has 0 atom stereocenters. The van der Waals surface area contributed by atoms with E-state index in [0.717, 1.165) is 27.3 Å². The van der Waals surface area contributed by atoms with Gasteiger partial charge in [-0.3, -0.25) is 14.4 Å². The Hall–Kier alpha value is -4.04. The van der Waals surface area contributed by atoms with Gasteiger partial charge in [0, 0.05) is 5.39 Å². The summed E-state index contributed by atoms with van der Waals surface area (Å²) in [5, 5.41) is 2.32. The zero-order chi connectivity index (χ0) is 22.9. The number of aromatic nitrogens is 1. The topological polar surface area (TPSA) is 90.9 Å². The van der Waals surface area contributed by atoms with E-state index < -0.39 is 17.3 Å². The van der Waals surface area contributed by atoms with Crippen molar-refractivity contribution in [3.63, 3.8) is 0 Å². The van der Waals surface area contributed by atoms with Crippen LogP contribution >= 0.6 is 11.3 Å². The second kappa shape index (κ2) is 8.48. The van der Waals surface area contributed by atoms with Gasteiger partial charge in [0.05, 0.1) is 22.2 Å². The van der Waals surface area contributed by atoms with Crippen molar-refractivity contribution >= 4 is 55.2 Å². The predicted molar refractivity (Wildman–Crippen MR) is 126 cm³/mol. The van der Waals surface area contributed by atoms with Gasteiger partial charge in [-0.15, -0.1) is 0 Å². The molecule has 0 radical (unpaired) electrons. The first-order valence-corrected chi connectivity index (χ1v) is 11.1. The SMILES string of the molecule is CCOC(=O)Cn1c(=NC(=O)c2coc3ccccc3c2=O)sc2c3ccccc3ccc21. The van der Waals surface area contributed by atoms with E-state index in [1.54, 1.807) is 35.8 Å². The van der Waals surface area contributed by atoms with E-state index >= 15 is 0 Å². The number of hydrogen-bond acceptors (Lipinski definition) is 6. The summed E-state index contributed by atoms with van der Waals surface area (Å²) in [5.41, 5.74) is 0.529. The van der Waals surface area contributed by atoms with Gasteiger partial charge in [0.15, 0.2) is 4.80 Å². The molecular formula is C25H18N2O5S. The number of ether oxygens (including phenoxy) is 1. The largest absolute Gasteiger partial charge is 0.465 e. The van der Waals surface area contributed by atoms with Gasteiger partial charge < -0.3 is 13.7 Å². The van der Waals surface area contributed by atoms with Crippen LogP contribution in [-0.4, -0.2) is 23.1 Å². The lowest BCUT2D eigenvalue weighted by molar-refractivity contribution is -0.143. The Morgan fingerprint density at radius 3 is 2.61 bits per heavy atom. The standard InChI is InChI=1S/C25H18N2O5S/c1-2-31-21(28)13-27-19-12-11-15-7-3-4-8-16(15)23(19)33-25(27)26-24(30)18-14-32-20-10-6-5-9-17(20)22(18)29/h3-12,14H,2,13H2,1H3. The molecule has 0 aliphatic rings. The Labute approximate surface area is 191 Å². The molecular weight excluding hydrogens is 440 g/mol. The molecule has 8 heteroatoms. The number of hydrogen-bond donors (Lipinski definition) is 0. The summed E-state index contributed by atoms with van der Waals surface area (Å²) >= 11 is 1.28. The van der Waals surface area contributed by atoms with Crippen LogP contribution in [0.2, 0.25) is 0 Å². The van der Waals surface area contributed by atoms with Crippen molar-refractivity contribution in [3.8, 4) is 0 Å². The van der Waals surface area contributed by atoms with Crippen molar-refractivity contribution in [1.82, 2.24) is 4.57 Å². The summed E-state index contributed by atoms with van der Waals surface area (Å²) in [6, 6.07) is 18.4. The van der Waals surface area contributed by atoms with E-state index in [9.17, 15) is 14.4 Å². The molecule has 5 aromatic rings. The molecule has 0 spiro atoms. The third kappa shape index (κ3) is 3.74. The summed E-state index contributed by atoms with van der Waals surface area (Å²) in [7, 11) is 0. The van der Waals surface area contributed by atoms with E-state index in [2.05, 4.69) is 4.99 Å². The highest BCUT2D eigenvalue weighted by molar-refractivity contribution is 7.17. The van der Waals surface area contributed by atoms with E-state index in [-0.39, 0.29) is 18.7 Å². The summed E-state index contributed by atoms with van der Waals surface area (Å²) in [5.74, 6) is -1.17. The number of carbonyl (C=O) groups is 2. The summed E-state index contributed by atoms with van der Waals surface area (Å²) < 4.78 is 13.1. The van der Waals surface area contributed by atoms with Crippen LogP contribution in [0.4, 0.5) is 0 Å². The molecule has 0 aliphatic carbocycles. The Morgan fingerprint density at radius 2 is 1.79 bits per heavy atom. The average Bonchev–Trinajstić information content (AvgIpc) is 3.16. The summed E-state index contributed by atoms with van der Waals surface area (Å²) in [6.45, 7) is 1.87. The fraction of sp³-hybridized carbons (Fsp3) is 0.120. The number of benzene rings is 3. The molecule has 3 aromatic carbocycles. The van der Waals surface area contributed by atoms with Gasteiger partial charge in [0.2, 0.25) is 5.43 Å². The maximum atomic E-state index is 13.0. The minimum absolute atomic E-state index is 0.107. The van der Waals surface area contributed by atoms with Gasteiger partial charge in [-0.25, -0.2) is 0 Å². The first kappa shape index (κ1) is 20.8. The second-order valence-electron chi connectivity index (χ2n) is 7.30. The monoisotopic (exact) mass is 458 g/mol. The van der Waals surface area contributed by atoms with Crippen molar-refractivity contribution in [1.29, 1.82) is 0 Å². The highest BCUT2D eigenvalue weighted by Crippen LogP contribution is 2.27. The van der Waals surface area contributed by atoms with Crippen LogP contribution in [0.25, 0.3) is 32.0 Å². The molecule has 7 nitrogen and oxygen atoms in total. The number of amides is 1. The van der Waals surface area contributed by atoms with Crippen LogP contribution in [0.15, 0.2) is 81.1 Å². The average molecular weight is 458 g/mol. The number of esters is 1. The first-order chi connectivity index (χ1) is 16.1. The van der Waals surface area contributed by atoms with Crippen molar-refractivity contribution in [2.75, 3.05) is 6.61 Å². The van der Waals surface area contributed by atoms with Crippen LogP contribution in [-0.2, 0) is 16.1 Å². The van der Waals surface area contributed by atoms with E-state index in [4.69, 9.17) is 9.15 Å². The molecule has 2 heterocycles. The third-order valence-corrected chi connectivity index (χ3v) is 6.40. The van der Waals surface area contributed by atoms with Crippen LogP contribution in [0.3, 0.4) is 0 Å². The van der Waals surface area contributed by atoms with Crippen molar-refractivity contribution in [2.45, 2.75) is 13.5 Å². The van der Waals surface area contributed by atoms with Crippen molar-refractivity contribution in [2.24, 2.45) is 4.99 Å². The van der Waals surface area contributed by atoms with Crippen LogP contribution in [0.1, 0.15) is 17.3 Å². The molecule has 0 aliphatic heterocycles. The Bertz CT molecular complexity index is 1680. The lowest BCUT2D eigenvalue weighted by Crippen LogP contribution is -2.24. The number of thiazole rings is 1. The molecule has 0 fully saturated rings. The lowest BCUT2D eigenvalue weighted by Gasteiger charge is -2.06. The highest BCUT2D eigenvalue weighted by atomic mass is 32.1. The summed E-state index contributed by atoms with van der Waals surface area (Å²) in [6.07, 6.45) is 1.13. The zero-order valence-electron chi connectivity index (χ0n) is 17.6. The molecule has 0 N–H and O–H groups in total. The molecule has 33 heavy (non-hydrogen) atoms. The number of fused-ring (bicyclic) bond motifs is 4. The Balaban J connectivity index is 1.71. The maximum absolute atomic E-state index is 13.0. The van der Waals surface area contributed by atoms with Gasteiger partial charge >= 0.3 is 5.97 Å². The smallest absolute Gasteiger partial charge is 0.326 e. The minimum Gasteiger partial charge on any atom is -0.465 e. The quantitative estimate of drug-likeness (QED) is 0.375. The number of rotatable bonds is 4. The number of nitrogens with zero attached hydrogens (tertiary/aromatic N) is 2. The predicted octanol–water partition coefficient (Wildman–Crippen LogP) is 4.27. The first-order valence-electron chi connectivity index (χ1n) is 10.3. The molecule has 0 unspecified atom stereocenters. The molecule has 0 saturated heterocycles. The fourth-order valence-corrected chi connectivity index (χ4v) is 4.91. The van der Waals surface area contributed by atoms with Crippen LogP contribution < -0.4 is 10.2 Å². The Morgan fingerprint density at radius 1 is 1.03 bits per heavy atom. The molecule has 0 bridgehead atoms. The van der Waals surface area contributed by atoms with Gasteiger partial charge in [-0.05, 0) is 30.5 Å². The zero-order valence-corrected chi connectivity index (χ0v) is 18.4. The van der Waals surface area contributed by atoms with Crippen LogP contribution in [0.5, 0.6) is 0 Å². The molecule has 164 valence electrons. The van der Waals surface area contributed by atoms with E-state index in [1.807, 2.05) is 36.4 Å². The van der Waals surface area contributed by atoms with Gasteiger partial charge in [-0.2, -0.15) is 4.99 Å². The van der Waals surface area contributed by atoms with Gasteiger partial charge in [-0.1, -0.05) is 53.8 Å². The third-order valence-electron chi connectivity index (χ3n) is 5.27. The Kier molecular flexibility index (Phi) is 5.35. The number of para-hydroxylation sites is 1.